The van der Waals surface area contributed by atoms with E-state index in [-0.39, 0.29) is 0 Å². The number of aromatic nitrogens is 3. The molecule has 1 aliphatic carbocycles. The zero-order valence-electron chi connectivity index (χ0n) is 11.9. The molecule has 106 valence electrons. The second kappa shape index (κ2) is 5.75. The minimum atomic E-state index is -0.498. The molecule has 2 atom stereocenters. The lowest BCUT2D eigenvalue weighted by atomic mass is 9.83. The highest BCUT2D eigenvalue weighted by molar-refractivity contribution is 5.32. The van der Waals surface area contributed by atoms with E-state index in [1.54, 1.807) is 0 Å². The van der Waals surface area contributed by atoms with Crippen molar-refractivity contribution in [3.63, 3.8) is 0 Å². The van der Waals surface area contributed by atoms with E-state index in [1.165, 1.54) is 30.4 Å². The van der Waals surface area contributed by atoms with Crippen LogP contribution in [-0.4, -0.2) is 20.1 Å². The van der Waals surface area contributed by atoms with Crippen LogP contribution in [0.1, 0.15) is 55.0 Å². The van der Waals surface area contributed by atoms with Gasteiger partial charge in [0.25, 0.3) is 0 Å². The number of fused-ring (bicyclic) bond motifs is 1. The second-order valence-electron chi connectivity index (χ2n) is 5.58. The lowest BCUT2D eigenvalue weighted by Crippen LogP contribution is -2.16. The van der Waals surface area contributed by atoms with Gasteiger partial charge in [0, 0.05) is 12.5 Å². The summed E-state index contributed by atoms with van der Waals surface area (Å²) in [4.78, 5) is 0. The minimum Gasteiger partial charge on any atom is -0.387 e. The second-order valence-corrected chi connectivity index (χ2v) is 5.58. The largest absolute Gasteiger partial charge is 0.387 e. The highest BCUT2D eigenvalue weighted by atomic mass is 16.3. The normalized spacial score (nSPS) is 19.6. The Morgan fingerprint density at radius 1 is 1.40 bits per heavy atom. The van der Waals surface area contributed by atoms with Gasteiger partial charge >= 0.3 is 0 Å². The Kier molecular flexibility index (Phi) is 3.83. The van der Waals surface area contributed by atoms with Crippen LogP contribution in [0.5, 0.6) is 0 Å². The van der Waals surface area contributed by atoms with Crippen LogP contribution in [0.4, 0.5) is 0 Å². The number of nitrogens with zero attached hydrogens (tertiary/aromatic N) is 3. The summed E-state index contributed by atoms with van der Waals surface area (Å²) in [5.41, 5.74) is 3.60. The van der Waals surface area contributed by atoms with Crippen molar-refractivity contribution in [3.8, 4) is 0 Å². The maximum Gasteiger partial charge on any atom is 0.111 e. The molecule has 0 fully saturated rings. The first kappa shape index (κ1) is 13.3. The van der Waals surface area contributed by atoms with Gasteiger partial charge < -0.3 is 5.11 Å². The van der Waals surface area contributed by atoms with Gasteiger partial charge in [0.05, 0.1) is 12.3 Å². The first-order valence-corrected chi connectivity index (χ1v) is 7.44. The lowest BCUT2D eigenvalue weighted by Gasteiger charge is -2.25. The molecule has 0 radical (unpaired) electrons. The molecule has 4 heteroatoms. The standard InChI is InChI=1S/C16H21N3O/c1-2-16(20)15-11-19(18-17-15)10-13-8-5-7-12-6-3-4-9-14(12)13/h3-4,6,9,11,13,16,20H,2,5,7-8,10H2,1H3. The smallest absolute Gasteiger partial charge is 0.111 e. The molecule has 0 amide bonds. The van der Waals surface area contributed by atoms with E-state index in [0.29, 0.717) is 18.0 Å². The van der Waals surface area contributed by atoms with Crippen molar-refractivity contribution in [3.05, 3.63) is 47.3 Å². The van der Waals surface area contributed by atoms with Crippen molar-refractivity contribution >= 4 is 0 Å². The topological polar surface area (TPSA) is 50.9 Å². The third-order valence-corrected chi connectivity index (χ3v) is 4.19. The summed E-state index contributed by atoms with van der Waals surface area (Å²) < 4.78 is 1.88. The van der Waals surface area contributed by atoms with Crippen molar-refractivity contribution in [2.24, 2.45) is 0 Å². The van der Waals surface area contributed by atoms with Crippen molar-refractivity contribution in [2.45, 2.75) is 51.2 Å². The van der Waals surface area contributed by atoms with Gasteiger partial charge in [-0.3, -0.25) is 4.68 Å². The van der Waals surface area contributed by atoms with Gasteiger partial charge in [-0.15, -0.1) is 5.10 Å². The molecular formula is C16H21N3O. The summed E-state index contributed by atoms with van der Waals surface area (Å²) >= 11 is 0. The summed E-state index contributed by atoms with van der Waals surface area (Å²) in [6, 6.07) is 8.70. The quantitative estimate of drug-likeness (QED) is 0.930. The molecule has 0 aliphatic heterocycles. The predicted octanol–water partition coefficient (Wildman–Crippen LogP) is 2.84. The number of aryl methyl sites for hydroxylation is 1. The molecule has 2 unspecified atom stereocenters. The molecule has 20 heavy (non-hydrogen) atoms. The summed E-state index contributed by atoms with van der Waals surface area (Å²) in [6.07, 6.45) is 5.67. The fraction of sp³-hybridized carbons (Fsp3) is 0.500. The Labute approximate surface area is 119 Å². The molecule has 2 aromatic rings. The van der Waals surface area contributed by atoms with Gasteiger partial charge in [-0.2, -0.15) is 0 Å². The van der Waals surface area contributed by atoms with Gasteiger partial charge in [-0.25, -0.2) is 0 Å². The number of hydrogen-bond donors (Lipinski definition) is 1. The number of aliphatic hydroxyl groups is 1. The van der Waals surface area contributed by atoms with Crippen LogP contribution in [0.2, 0.25) is 0 Å². The van der Waals surface area contributed by atoms with Crippen LogP contribution in [0, 0.1) is 0 Å². The van der Waals surface area contributed by atoms with Crippen molar-refractivity contribution in [1.82, 2.24) is 15.0 Å². The summed E-state index contributed by atoms with van der Waals surface area (Å²) in [6.45, 7) is 2.79. The fourth-order valence-corrected chi connectivity index (χ4v) is 3.03. The average molecular weight is 271 g/mol. The Bertz CT molecular complexity index is 579. The van der Waals surface area contributed by atoms with Crippen LogP contribution in [0.25, 0.3) is 0 Å². The maximum atomic E-state index is 9.79. The Hall–Kier alpha value is -1.68. The maximum absolute atomic E-state index is 9.79. The van der Waals surface area contributed by atoms with E-state index >= 15 is 0 Å². The highest BCUT2D eigenvalue weighted by Gasteiger charge is 2.21. The average Bonchev–Trinajstić information content (AvgIpc) is 2.95. The third-order valence-electron chi connectivity index (χ3n) is 4.19. The van der Waals surface area contributed by atoms with Gasteiger partial charge in [0.15, 0.2) is 0 Å². The Morgan fingerprint density at radius 3 is 3.10 bits per heavy atom. The van der Waals surface area contributed by atoms with E-state index in [4.69, 9.17) is 0 Å². The van der Waals surface area contributed by atoms with Crippen LogP contribution in [0.3, 0.4) is 0 Å². The van der Waals surface area contributed by atoms with E-state index in [1.807, 2.05) is 17.8 Å². The van der Waals surface area contributed by atoms with E-state index in [0.717, 1.165) is 6.54 Å². The molecule has 4 nitrogen and oxygen atoms in total. The van der Waals surface area contributed by atoms with Gasteiger partial charge in [0.2, 0.25) is 0 Å². The van der Waals surface area contributed by atoms with Crippen molar-refractivity contribution in [1.29, 1.82) is 0 Å². The third kappa shape index (κ3) is 2.61. The van der Waals surface area contributed by atoms with Crippen LogP contribution < -0.4 is 0 Å². The molecular weight excluding hydrogens is 250 g/mol. The fourth-order valence-electron chi connectivity index (χ4n) is 3.03. The first-order valence-electron chi connectivity index (χ1n) is 7.44. The molecule has 0 saturated carbocycles. The van der Waals surface area contributed by atoms with Crippen LogP contribution in [-0.2, 0) is 13.0 Å². The summed E-state index contributed by atoms with van der Waals surface area (Å²) in [5.74, 6) is 0.508. The Morgan fingerprint density at radius 2 is 2.25 bits per heavy atom. The zero-order valence-corrected chi connectivity index (χ0v) is 11.9. The molecule has 0 saturated heterocycles. The van der Waals surface area contributed by atoms with Crippen LogP contribution >= 0.6 is 0 Å². The van der Waals surface area contributed by atoms with Crippen molar-refractivity contribution < 1.29 is 5.11 Å². The number of rotatable bonds is 4. The van der Waals surface area contributed by atoms with Gasteiger partial charge in [0.1, 0.15) is 5.69 Å². The monoisotopic (exact) mass is 271 g/mol. The Balaban J connectivity index is 1.77. The molecule has 1 N–H and O–H groups in total. The predicted molar refractivity (Wildman–Crippen MR) is 77.4 cm³/mol. The molecule has 3 rings (SSSR count). The van der Waals surface area contributed by atoms with Crippen molar-refractivity contribution in [2.75, 3.05) is 0 Å². The number of benzene rings is 1. The van der Waals surface area contributed by atoms with E-state index in [2.05, 4.69) is 34.6 Å². The minimum absolute atomic E-state index is 0.498. The summed E-state index contributed by atoms with van der Waals surface area (Å²) in [5, 5.41) is 18.0. The SMILES string of the molecule is CCC(O)c1cn(CC2CCCc3ccccc32)nn1. The number of hydrogen-bond acceptors (Lipinski definition) is 3. The number of aliphatic hydroxyl groups excluding tert-OH is 1. The lowest BCUT2D eigenvalue weighted by molar-refractivity contribution is 0.168. The molecule has 1 aliphatic rings. The summed E-state index contributed by atoms with van der Waals surface area (Å²) in [7, 11) is 0. The molecule has 0 spiro atoms. The van der Waals surface area contributed by atoms with Crippen LogP contribution in [0.15, 0.2) is 30.5 Å². The molecule has 0 bridgehead atoms. The van der Waals surface area contributed by atoms with Gasteiger partial charge in [-0.05, 0) is 36.8 Å². The van der Waals surface area contributed by atoms with E-state index in [9.17, 15) is 5.11 Å². The zero-order chi connectivity index (χ0) is 13.9. The molecule has 1 aromatic carbocycles. The van der Waals surface area contributed by atoms with Gasteiger partial charge in [-0.1, -0.05) is 36.4 Å². The highest BCUT2D eigenvalue weighted by Crippen LogP contribution is 2.32. The molecule has 1 aromatic heterocycles. The first-order chi connectivity index (χ1) is 9.78. The molecule has 1 heterocycles. The van der Waals surface area contributed by atoms with E-state index < -0.39 is 6.10 Å².